The van der Waals surface area contributed by atoms with Crippen molar-refractivity contribution in [2.75, 3.05) is 5.32 Å². The lowest BCUT2D eigenvalue weighted by atomic mass is 9.95. The predicted octanol–water partition coefficient (Wildman–Crippen LogP) is 5.74. The number of nitrogens with zero attached hydrogens (tertiary/aromatic N) is 1. The van der Waals surface area contributed by atoms with Gasteiger partial charge in [0.25, 0.3) is 5.91 Å². The van der Waals surface area contributed by atoms with E-state index in [9.17, 15) is 9.59 Å². The number of hydrogen-bond donors (Lipinski definition) is 2. The molecule has 0 unspecified atom stereocenters. The molecule has 32 heavy (non-hydrogen) atoms. The maximum atomic E-state index is 12.5. The highest BCUT2D eigenvalue weighted by Crippen LogP contribution is 2.27. The van der Waals surface area contributed by atoms with E-state index in [1.54, 1.807) is 30.5 Å². The fraction of sp³-hybridized carbons (Fsp3) is 0.148. The third-order valence-corrected chi connectivity index (χ3v) is 5.26. The van der Waals surface area contributed by atoms with E-state index in [1.807, 2.05) is 45.0 Å². The summed E-state index contributed by atoms with van der Waals surface area (Å²) in [6, 6.07) is 25.1. The average Bonchev–Trinajstić information content (AvgIpc) is 2.78. The second-order valence-corrected chi connectivity index (χ2v) is 8.71. The summed E-state index contributed by atoms with van der Waals surface area (Å²) >= 11 is 0. The van der Waals surface area contributed by atoms with Crippen molar-refractivity contribution in [2.45, 2.75) is 20.8 Å². The van der Waals surface area contributed by atoms with Gasteiger partial charge in [-0.3, -0.25) is 9.59 Å². The summed E-state index contributed by atoms with van der Waals surface area (Å²) < 4.78 is 0. The minimum atomic E-state index is -0.490. The fourth-order valence-electron chi connectivity index (χ4n) is 3.43. The molecular formula is C27H25N3O2. The van der Waals surface area contributed by atoms with Gasteiger partial charge in [0.05, 0.1) is 6.21 Å². The monoisotopic (exact) mass is 423 g/mol. The highest BCUT2D eigenvalue weighted by atomic mass is 16.2. The summed E-state index contributed by atoms with van der Waals surface area (Å²) in [7, 11) is 0. The Labute approximate surface area is 187 Å². The normalized spacial score (nSPS) is 11.7. The van der Waals surface area contributed by atoms with E-state index >= 15 is 0 Å². The van der Waals surface area contributed by atoms with Crippen LogP contribution in [0.5, 0.6) is 0 Å². The molecule has 0 bridgehead atoms. The zero-order chi connectivity index (χ0) is 22.7. The number of carbonyl (C=O) groups is 2. The van der Waals surface area contributed by atoms with Crippen molar-refractivity contribution in [3.05, 3.63) is 90.0 Å². The number of hydrazone groups is 1. The lowest BCUT2D eigenvalue weighted by Crippen LogP contribution is -2.27. The van der Waals surface area contributed by atoms with Crippen LogP contribution in [0.3, 0.4) is 0 Å². The van der Waals surface area contributed by atoms with Crippen LogP contribution in [0.4, 0.5) is 5.69 Å². The second-order valence-electron chi connectivity index (χ2n) is 8.71. The molecule has 5 nitrogen and oxygen atoms in total. The van der Waals surface area contributed by atoms with Crippen molar-refractivity contribution in [3.63, 3.8) is 0 Å². The Morgan fingerprint density at radius 1 is 0.812 bits per heavy atom. The van der Waals surface area contributed by atoms with Crippen LogP contribution in [-0.4, -0.2) is 18.0 Å². The van der Waals surface area contributed by atoms with Crippen LogP contribution < -0.4 is 10.7 Å². The minimum absolute atomic E-state index is 0.0818. The lowest BCUT2D eigenvalue weighted by Gasteiger charge is -2.17. The van der Waals surface area contributed by atoms with Gasteiger partial charge in [-0.2, -0.15) is 5.10 Å². The topological polar surface area (TPSA) is 70.6 Å². The van der Waals surface area contributed by atoms with Gasteiger partial charge in [-0.05, 0) is 51.9 Å². The number of rotatable bonds is 4. The third-order valence-electron chi connectivity index (χ3n) is 5.26. The first-order valence-corrected chi connectivity index (χ1v) is 10.5. The number of anilines is 1. The number of benzene rings is 4. The van der Waals surface area contributed by atoms with Crippen LogP contribution in [0.1, 0.15) is 36.7 Å². The predicted molar refractivity (Wildman–Crippen MR) is 131 cm³/mol. The molecule has 0 spiro atoms. The molecule has 160 valence electrons. The van der Waals surface area contributed by atoms with E-state index in [4.69, 9.17) is 0 Å². The molecule has 0 fully saturated rings. The van der Waals surface area contributed by atoms with E-state index < -0.39 is 5.41 Å². The van der Waals surface area contributed by atoms with Crippen LogP contribution in [0, 0.1) is 5.41 Å². The second kappa shape index (κ2) is 8.63. The summed E-state index contributed by atoms with van der Waals surface area (Å²) in [5.41, 5.74) is 4.18. The summed E-state index contributed by atoms with van der Waals surface area (Å²) in [5.74, 6) is -0.402. The van der Waals surface area contributed by atoms with Crippen LogP contribution >= 0.6 is 0 Å². The van der Waals surface area contributed by atoms with Gasteiger partial charge in [0.2, 0.25) is 5.91 Å². The van der Waals surface area contributed by atoms with Crippen LogP contribution in [0.2, 0.25) is 0 Å². The summed E-state index contributed by atoms with van der Waals surface area (Å²) in [4.78, 5) is 24.6. The van der Waals surface area contributed by atoms with Gasteiger partial charge in [0, 0.05) is 22.2 Å². The molecule has 2 amide bonds. The Balaban J connectivity index is 1.52. The van der Waals surface area contributed by atoms with Crippen molar-refractivity contribution in [1.82, 2.24) is 5.43 Å². The van der Waals surface area contributed by atoms with Gasteiger partial charge >= 0.3 is 0 Å². The van der Waals surface area contributed by atoms with Gasteiger partial charge in [-0.1, -0.05) is 69.3 Å². The highest BCUT2D eigenvalue weighted by Gasteiger charge is 2.21. The molecule has 0 aliphatic carbocycles. The Kier molecular flexibility index (Phi) is 5.73. The van der Waals surface area contributed by atoms with Gasteiger partial charge in [-0.15, -0.1) is 0 Å². The van der Waals surface area contributed by atoms with Crippen molar-refractivity contribution >= 4 is 45.3 Å². The first-order chi connectivity index (χ1) is 15.3. The van der Waals surface area contributed by atoms with E-state index in [2.05, 4.69) is 46.2 Å². The number of hydrogen-bond acceptors (Lipinski definition) is 3. The van der Waals surface area contributed by atoms with Crippen molar-refractivity contribution in [1.29, 1.82) is 0 Å². The first kappa shape index (κ1) is 21.2. The molecule has 0 saturated heterocycles. The molecule has 4 aromatic rings. The molecule has 4 rings (SSSR count). The summed E-state index contributed by atoms with van der Waals surface area (Å²) in [5, 5.41) is 11.5. The maximum absolute atomic E-state index is 12.5. The molecule has 0 heterocycles. The molecule has 0 saturated carbocycles. The summed E-state index contributed by atoms with van der Waals surface area (Å²) in [6.07, 6.45) is 1.69. The van der Waals surface area contributed by atoms with Crippen LogP contribution in [-0.2, 0) is 4.79 Å². The molecule has 2 N–H and O–H groups in total. The largest absolute Gasteiger partial charge is 0.326 e. The fourth-order valence-corrected chi connectivity index (χ4v) is 3.43. The Morgan fingerprint density at radius 2 is 1.38 bits per heavy atom. The molecule has 4 aromatic carbocycles. The zero-order valence-electron chi connectivity index (χ0n) is 18.3. The molecule has 0 radical (unpaired) electrons. The highest BCUT2D eigenvalue weighted by molar-refractivity contribution is 6.13. The van der Waals surface area contributed by atoms with E-state index in [0.717, 1.165) is 27.1 Å². The quantitative estimate of drug-likeness (QED) is 0.250. The molecular weight excluding hydrogens is 398 g/mol. The van der Waals surface area contributed by atoms with Crippen molar-refractivity contribution < 1.29 is 9.59 Å². The van der Waals surface area contributed by atoms with E-state index in [0.29, 0.717) is 11.3 Å². The van der Waals surface area contributed by atoms with Crippen molar-refractivity contribution in [3.8, 4) is 0 Å². The molecule has 5 heteroatoms. The average molecular weight is 424 g/mol. The van der Waals surface area contributed by atoms with E-state index in [-0.39, 0.29) is 11.8 Å². The minimum Gasteiger partial charge on any atom is -0.326 e. The third kappa shape index (κ3) is 4.52. The molecule has 0 aliphatic heterocycles. The zero-order valence-corrected chi connectivity index (χ0v) is 18.3. The number of amides is 2. The van der Waals surface area contributed by atoms with Crippen LogP contribution in [0.15, 0.2) is 84.0 Å². The molecule has 0 atom stereocenters. The van der Waals surface area contributed by atoms with Gasteiger partial charge < -0.3 is 5.32 Å². The maximum Gasteiger partial charge on any atom is 0.271 e. The smallest absolute Gasteiger partial charge is 0.271 e. The van der Waals surface area contributed by atoms with Gasteiger partial charge in [0.15, 0.2) is 0 Å². The SMILES string of the molecule is CC(C)(C)C(=O)Nc1ccc(C(=O)N/N=C\c2c3ccccc3cc3ccccc23)cc1. The lowest BCUT2D eigenvalue weighted by molar-refractivity contribution is -0.123. The Hall–Kier alpha value is -3.99. The first-order valence-electron chi connectivity index (χ1n) is 10.5. The molecule has 0 aromatic heterocycles. The van der Waals surface area contributed by atoms with Crippen molar-refractivity contribution in [2.24, 2.45) is 10.5 Å². The molecule has 0 aliphatic rings. The summed E-state index contributed by atoms with van der Waals surface area (Å²) in [6.45, 7) is 5.55. The number of nitrogens with one attached hydrogen (secondary N) is 2. The van der Waals surface area contributed by atoms with Crippen LogP contribution in [0.25, 0.3) is 21.5 Å². The number of fused-ring (bicyclic) bond motifs is 2. The Morgan fingerprint density at radius 3 is 1.94 bits per heavy atom. The van der Waals surface area contributed by atoms with Gasteiger partial charge in [0.1, 0.15) is 0 Å². The number of carbonyl (C=O) groups excluding carboxylic acids is 2. The standard InChI is InChI=1S/C27H25N3O2/c1-27(2,3)26(32)29-21-14-12-18(13-15-21)25(31)30-28-17-24-22-10-6-4-8-19(22)16-20-9-5-7-11-23(20)24/h4-17H,1-3H3,(H,29,32)(H,30,31)/b28-17-. The van der Waals surface area contributed by atoms with Gasteiger partial charge in [-0.25, -0.2) is 5.43 Å². The van der Waals surface area contributed by atoms with E-state index in [1.165, 1.54) is 0 Å². The Bertz CT molecular complexity index is 1280.